The van der Waals surface area contributed by atoms with Gasteiger partial charge >= 0.3 is 5.51 Å². The van der Waals surface area contributed by atoms with Crippen molar-refractivity contribution in [2.45, 2.75) is 17.6 Å². The molecule has 0 amide bonds. The number of halogens is 3. The minimum Gasteiger partial charge on any atom is -0.216 e. The zero-order chi connectivity index (χ0) is 15.0. The molecule has 0 unspecified atom stereocenters. The smallest absolute Gasteiger partial charge is 0.216 e. The van der Waals surface area contributed by atoms with Crippen LogP contribution in [0.25, 0.3) is 17.0 Å². The fourth-order valence-electron chi connectivity index (χ4n) is 1.93. The number of thioether (sulfide) groups is 1. The van der Waals surface area contributed by atoms with E-state index in [9.17, 15) is 13.2 Å². The van der Waals surface area contributed by atoms with Gasteiger partial charge in [-0.1, -0.05) is 30.3 Å². The number of fused-ring (bicyclic) bond motifs is 1. The van der Waals surface area contributed by atoms with Crippen LogP contribution in [0.4, 0.5) is 13.2 Å². The zero-order valence-corrected chi connectivity index (χ0v) is 11.6. The number of hydrogen-bond donors (Lipinski definition) is 0. The second-order valence-electron chi connectivity index (χ2n) is 4.30. The summed E-state index contributed by atoms with van der Waals surface area (Å²) in [5, 5.41) is 3.54. The van der Waals surface area contributed by atoms with Gasteiger partial charge in [0.05, 0.1) is 5.69 Å². The maximum atomic E-state index is 12.4. The Balaban J connectivity index is 2.16. The molecular weight excluding hydrogens is 301 g/mol. The van der Waals surface area contributed by atoms with E-state index in [0.717, 1.165) is 5.56 Å². The van der Waals surface area contributed by atoms with Gasteiger partial charge in [-0.25, -0.2) is 4.98 Å². The Bertz CT molecular complexity index is 783. The van der Waals surface area contributed by atoms with Crippen LogP contribution in [0.5, 0.6) is 0 Å². The number of nitrogens with zero attached hydrogens (tertiary/aromatic N) is 4. The molecule has 2 heterocycles. The molecular formula is C13H9F3N4S. The van der Waals surface area contributed by atoms with Crippen molar-refractivity contribution in [2.24, 2.45) is 0 Å². The first-order valence-corrected chi connectivity index (χ1v) is 6.79. The van der Waals surface area contributed by atoms with Crippen LogP contribution in [0.2, 0.25) is 0 Å². The van der Waals surface area contributed by atoms with Crippen molar-refractivity contribution in [1.82, 2.24) is 19.6 Å². The Labute approximate surface area is 122 Å². The van der Waals surface area contributed by atoms with E-state index in [-0.39, 0.29) is 22.7 Å². The monoisotopic (exact) mass is 310 g/mol. The van der Waals surface area contributed by atoms with Gasteiger partial charge in [0.25, 0.3) is 5.78 Å². The highest BCUT2D eigenvalue weighted by molar-refractivity contribution is 8.00. The van der Waals surface area contributed by atoms with Crippen molar-refractivity contribution in [2.75, 3.05) is 0 Å². The molecule has 0 aliphatic carbocycles. The molecule has 2 aromatic heterocycles. The number of hydrogen-bond acceptors (Lipinski definition) is 4. The van der Waals surface area contributed by atoms with Gasteiger partial charge in [-0.2, -0.15) is 22.7 Å². The lowest BCUT2D eigenvalue weighted by Crippen LogP contribution is -2.00. The molecule has 0 saturated heterocycles. The first-order valence-electron chi connectivity index (χ1n) is 5.98. The van der Waals surface area contributed by atoms with E-state index >= 15 is 0 Å². The molecule has 0 bridgehead atoms. The Kier molecular flexibility index (Phi) is 3.32. The minimum atomic E-state index is -4.42. The number of rotatable bonds is 2. The average molecular weight is 310 g/mol. The largest absolute Gasteiger partial charge is 0.449 e. The molecule has 0 N–H and O–H groups in total. The molecule has 3 rings (SSSR count). The molecule has 1 aromatic carbocycles. The number of benzene rings is 1. The van der Waals surface area contributed by atoms with Gasteiger partial charge in [-0.15, -0.1) is 5.10 Å². The zero-order valence-electron chi connectivity index (χ0n) is 10.8. The highest BCUT2D eigenvalue weighted by Gasteiger charge is 2.32. The number of alkyl halides is 3. The molecule has 0 spiro atoms. The van der Waals surface area contributed by atoms with Gasteiger partial charge < -0.3 is 0 Å². The van der Waals surface area contributed by atoms with Crippen LogP contribution in [0.3, 0.4) is 0 Å². The topological polar surface area (TPSA) is 43.1 Å². The first kappa shape index (κ1) is 13.9. The van der Waals surface area contributed by atoms with E-state index in [2.05, 4.69) is 15.1 Å². The van der Waals surface area contributed by atoms with Crippen LogP contribution in [0.1, 0.15) is 5.69 Å². The van der Waals surface area contributed by atoms with E-state index in [1.165, 1.54) is 4.52 Å². The molecule has 4 nitrogen and oxygen atoms in total. The summed E-state index contributed by atoms with van der Waals surface area (Å²) in [5.41, 5.74) is -2.27. The fraction of sp³-hybridized carbons (Fsp3) is 0.154. The highest BCUT2D eigenvalue weighted by Crippen LogP contribution is 2.35. The summed E-state index contributed by atoms with van der Waals surface area (Å²) >= 11 is -0.347. The summed E-state index contributed by atoms with van der Waals surface area (Å²) in [7, 11) is 0. The third kappa shape index (κ3) is 2.99. The van der Waals surface area contributed by atoms with Gasteiger partial charge in [0.15, 0.2) is 0 Å². The SMILES string of the molecule is Cc1cc(-c2ccccc2)n2nc(SC(F)(F)F)nc2n1. The van der Waals surface area contributed by atoms with E-state index in [4.69, 9.17) is 0 Å². The maximum absolute atomic E-state index is 12.4. The summed E-state index contributed by atoms with van der Waals surface area (Å²) in [6, 6.07) is 11.0. The van der Waals surface area contributed by atoms with E-state index in [1.54, 1.807) is 13.0 Å². The summed E-state index contributed by atoms with van der Waals surface area (Å²) in [4.78, 5) is 7.95. The van der Waals surface area contributed by atoms with Crippen LogP contribution in [-0.4, -0.2) is 25.1 Å². The third-order valence-electron chi connectivity index (χ3n) is 2.70. The van der Waals surface area contributed by atoms with Crippen LogP contribution in [-0.2, 0) is 0 Å². The average Bonchev–Trinajstić information content (AvgIpc) is 2.78. The molecule has 0 fully saturated rings. The number of aromatic nitrogens is 4. The van der Waals surface area contributed by atoms with E-state index in [0.29, 0.717) is 11.4 Å². The Morgan fingerprint density at radius 1 is 1.10 bits per heavy atom. The predicted molar refractivity (Wildman–Crippen MR) is 72.9 cm³/mol. The molecule has 8 heteroatoms. The lowest BCUT2D eigenvalue weighted by Gasteiger charge is -2.04. The Morgan fingerprint density at radius 2 is 1.81 bits per heavy atom. The van der Waals surface area contributed by atoms with Crippen molar-refractivity contribution >= 4 is 17.5 Å². The Morgan fingerprint density at radius 3 is 2.48 bits per heavy atom. The molecule has 3 aromatic rings. The summed E-state index contributed by atoms with van der Waals surface area (Å²) < 4.78 is 38.6. The lowest BCUT2D eigenvalue weighted by atomic mass is 10.1. The summed E-state index contributed by atoms with van der Waals surface area (Å²) in [6.07, 6.45) is 0. The molecule has 21 heavy (non-hydrogen) atoms. The van der Waals surface area contributed by atoms with Gasteiger partial charge in [0.2, 0.25) is 5.16 Å². The fourth-order valence-corrected chi connectivity index (χ4v) is 2.39. The molecule has 0 radical (unpaired) electrons. The maximum Gasteiger partial charge on any atom is 0.449 e. The highest BCUT2D eigenvalue weighted by atomic mass is 32.2. The van der Waals surface area contributed by atoms with Crippen molar-refractivity contribution in [3.8, 4) is 11.3 Å². The normalized spacial score (nSPS) is 12.0. The lowest BCUT2D eigenvalue weighted by molar-refractivity contribution is -0.0330. The van der Waals surface area contributed by atoms with Gasteiger partial charge in [-0.05, 0) is 13.0 Å². The predicted octanol–water partition coefficient (Wildman–Crippen LogP) is 3.71. The van der Waals surface area contributed by atoms with E-state index < -0.39 is 5.51 Å². The van der Waals surface area contributed by atoms with Crippen molar-refractivity contribution in [3.63, 3.8) is 0 Å². The summed E-state index contributed by atoms with van der Waals surface area (Å²) in [6.45, 7) is 1.76. The third-order valence-corrected chi connectivity index (χ3v) is 3.28. The molecule has 108 valence electrons. The van der Waals surface area contributed by atoms with Gasteiger partial charge in [0, 0.05) is 23.0 Å². The minimum absolute atomic E-state index is 0.153. The van der Waals surface area contributed by atoms with Crippen LogP contribution >= 0.6 is 11.8 Å². The molecule has 0 saturated carbocycles. The summed E-state index contributed by atoms with van der Waals surface area (Å²) in [5.74, 6) is 0.153. The molecule has 0 atom stereocenters. The van der Waals surface area contributed by atoms with Crippen LogP contribution in [0.15, 0.2) is 41.6 Å². The van der Waals surface area contributed by atoms with Crippen molar-refractivity contribution < 1.29 is 13.2 Å². The molecule has 0 aliphatic heterocycles. The van der Waals surface area contributed by atoms with Crippen LogP contribution in [0, 0.1) is 6.92 Å². The number of aryl methyl sites for hydroxylation is 1. The quantitative estimate of drug-likeness (QED) is 0.677. The Hall–Kier alpha value is -2.09. The van der Waals surface area contributed by atoms with Crippen molar-refractivity contribution in [1.29, 1.82) is 0 Å². The second-order valence-corrected chi connectivity index (χ2v) is 5.33. The standard InChI is InChI=1S/C13H9F3N4S/c1-8-7-10(9-5-3-2-4-6-9)20-11(17-8)18-12(19-20)21-13(14,15)16/h2-7H,1H3. The first-order chi connectivity index (χ1) is 9.92. The van der Waals surface area contributed by atoms with Gasteiger partial charge in [0.1, 0.15) is 0 Å². The second kappa shape index (κ2) is 5.03. The van der Waals surface area contributed by atoms with Crippen LogP contribution < -0.4 is 0 Å². The van der Waals surface area contributed by atoms with Crippen molar-refractivity contribution in [3.05, 3.63) is 42.1 Å². The van der Waals surface area contributed by atoms with E-state index in [1.807, 2.05) is 30.3 Å². The molecule has 0 aliphatic rings. The van der Waals surface area contributed by atoms with Gasteiger partial charge in [-0.3, -0.25) is 0 Å².